The van der Waals surface area contributed by atoms with Crippen LogP contribution in [0.4, 0.5) is 0 Å². The number of rotatable bonds is 4. The number of aromatic carboxylic acids is 1. The smallest absolute Gasteiger partial charge is 0.338 e. The summed E-state index contributed by atoms with van der Waals surface area (Å²) < 4.78 is 5.10. The van der Waals surface area contributed by atoms with E-state index in [4.69, 9.17) is 9.84 Å². The molecule has 0 spiro atoms. The molecule has 0 aromatic heterocycles. The number of hydrogen-bond acceptors (Lipinski definition) is 3. The first-order valence-corrected chi connectivity index (χ1v) is 5.72. The number of carbonyl (C=O) groups excluding carboxylic acids is 1. The number of hydrogen-bond donors (Lipinski definition) is 1. The monoisotopic (exact) mass is 292 g/mol. The van der Waals surface area contributed by atoms with Crippen molar-refractivity contribution in [1.82, 2.24) is 0 Å². The molecule has 0 fully saturated rings. The highest BCUT2D eigenvalue weighted by atomic mass is 35.5. The first-order valence-electron chi connectivity index (χ1n) is 5.72. The number of benzene rings is 2. The van der Waals surface area contributed by atoms with Gasteiger partial charge >= 0.3 is 11.9 Å². The summed E-state index contributed by atoms with van der Waals surface area (Å²) in [6, 6.07) is 15.0. The van der Waals surface area contributed by atoms with Gasteiger partial charge in [-0.2, -0.15) is 0 Å². The lowest BCUT2D eigenvalue weighted by Crippen LogP contribution is -2.08. The van der Waals surface area contributed by atoms with E-state index in [9.17, 15) is 9.59 Å². The molecule has 2 aromatic carbocycles. The largest absolute Gasteiger partial charge is 0.478 e. The molecule has 104 valence electrons. The summed E-state index contributed by atoms with van der Waals surface area (Å²) in [4.78, 5) is 22.7. The van der Waals surface area contributed by atoms with Crippen molar-refractivity contribution >= 4 is 24.3 Å². The van der Waals surface area contributed by atoms with E-state index >= 15 is 0 Å². The Morgan fingerprint density at radius 3 is 2.20 bits per heavy atom. The highest BCUT2D eigenvalue weighted by molar-refractivity contribution is 5.90. The van der Waals surface area contributed by atoms with Crippen LogP contribution in [0.25, 0.3) is 0 Å². The van der Waals surface area contributed by atoms with Gasteiger partial charge in [-0.25, -0.2) is 9.59 Å². The molecular weight excluding hydrogens is 280 g/mol. The highest BCUT2D eigenvalue weighted by Crippen LogP contribution is 2.11. The lowest BCUT2D eigenvalue weighted by molar-refractivity contribution is 0.0465. The second kappa shape index (κ2) is 7.31. The van der Waals surface area contributed by atoms with Gasteiger partial charge in [-0.05, 0) is 18.2 Å². The molecule has 0 amide bonds. The zero-order chi connectivity index (χ0) is 13.7. The average molecular weight is 293 g/mol. The summed E-state index contributed by atoms with van der Waals surface area (Å²) in [5, 5.41) is 9.01. The van der Waals surface area contributed by atoms with Gasteiger partial charge in [0.25, 0.3) is 0 Å². The van der Waals surface area contributed by atoms with Crippen molar-refractivity contribution in [2.75, 3.05) is 0 Å². The van der Waals surface area contributed by atoms with Crippen LogP contribution in [0.3, 0.4) is 0 Å². The maximum atomic E-state index is 11.7. The number of esters is 1. The van der Waals surface area contributed by atoms with Crippen molar-refractivity contribution < 1.29 is 19.4 Å². The number of carbonyl (C=O) groups is 2. The molecule has 5 heteroatoms. The van der Waals surface area contributed by atoms with Crippen LogP contribution in [0.1, 0.15) is 26.3 Å². The van der Waals surface area contributed by atoms with Crippen molar-refractivity contribution in [1.29, 1.82) is 0 Å². The number of carboxylic acids is 1. The minimum atomic E-state index is -1.04. The molecule has 0 unspecified atom stereocenters. The van der Waals surface area contributed by atoms with Gasteiger partial charge in [0.05, 0.1) is 11.1 Å². The molecule has 0 saturated heterocycles. The van der Waals surface area contributed by atoms with Gasteiger partial charge in [0.2, 0.25) is 0 Å². The Kier molecular flexibility index (Phi) is 5.74. The Morgan fingerprint density at radius 1 is 0.950 bits per heavy atom. The van der Waals surface area contributed by atoms with Gasteiger partial charge < -0.3 is 9.84 Å². The predicted octanol–water partition coefficient (Wildman–Crippen LogP) is 3.16. The van der Waals surface area contributed by atoms with Gasteiger partial charge in [-0.3, -0.25) is 0 Å². The second-order valence-electron chi connectivity index (χ2n) is 3.90. The minimum absolute atomic E-state index is 0. The van der Waals surface area contributed by atoms with Gasteiger partial charge in [0, 0.05) is 5.56 Å². The molecule has 0 aliphatic heterocycles. The first-order chi connectivity index (χ1) is 9.18. The molecule has 0 heterocycles. The Hall–Kier alpha value is -2.33. The summed E-state index contributed by atoms with van der Waals surface area (Å²) in [6.07, 6.45) is 0. The van der Waals surface area contributed by atoms with E-state index in [0.29, 0.717) is 11.1 Å². The summed E-state index contributed by atoms with van der Waals surface area (Å²) >= 11 is 0. The van der Waals surface area contributed by atoms with Gasteiger partial charge in [0.1, 0.15) is 6.61 Å². The molecule has 0 bridgehead atoms. The molecule has 0 aliphatic carbocycles. The molecule has 0 saturated carbocycles. The molecule has 2 aromatic rings. The van der Waals surface area contributed by atoms with Crippen molar-refractivity contribution in [3.63, 3.8) is 0 Å². The SMILES string of the molecule is Cl.O=C(OCc1ccccc1C(=O)O)c1ccccc1. The third-order valence-electron chi connectivity index (χ3n) is 2.62. The van der Waals surface area contributed by atoms with E-state index in [1.165, 1.54) is 6.07 Å². The van der Waals surface area contributed by atoms with E-state index in [-0.39, 0.29) is 24.6 Å². The number of halogens is 1. The molecular formula is C15H13ClO4. The third kappa shape index (κ3) is 3.83. The van der Waals surface area contributed by atoms with E-state index in [1.807, 2.05) is 0 Å². The topological polar surface area (TPSA) is 63.6 Å². The summed E-state index contributed by atoms with van der Waals surface area (Å²) in [7, 11) is 0. The lowest BCUT2D eigenvalue weighted by atomic mass is 10.1. The van der Waals surface area contributed by atoms with Crippen LogP contribution in [-0.4, -0.2) is 17.0 Å². The molecule has 20 heavy (non-hydrogen) atoms. The zero-order valence-electron chi connectivity index (χ0n) is 10.5. The van der Waals surface area contributed by atoms with Crippen LogP contribution >= 0.6 is 12.4 Å². The normalized spacial score (nSPS) is 9.40. The van der Waals surface area contributed by atoms with Crippen molar-refractivity contribution in [2.24, 2.45) is 0 Å². The summed E-state index contributed by atoms with van der Waals surface area (Å²) in [5.41, 5.74) is 1.05. The standard InChI is InChI=1S/C15H12O4.ClH/c16-14(17)13-9-5-4-8-12(13)10-19-15(18)11-6-2-1-3-7-11;/h1-9H,10H2,(H,16,17);1H. The Labute approximate surface area is 122 Å². The van der Waals surface area contributed by atoms with Gasteiger partial charge in [-0.15, -0.1) is 12.4 Å². The van der Waals surface area contributed by atoms with Crippen LogP contribution in [0, 0.1) is 0 Å². The molecule has 4 nitrogen and oxygen atoms in total. The van der Waals surface area contributed by atoms with E-state index in [2.05, 4.69) is 0 Å². The molecule has 0 radical (unpaired) electrons. The third-order valence-corrected chi connectivity index (χ3v) is 2.62. The van der Waals surface area contributed by atoms with Crippen LogP contribution in [0.5, 0.6) is 0 Å². The molecule has 2 rings (SSSR count). The van der Waals surface area contributed by atoms with Crippen molar-refractivity contribution in [2.45, 2.75) is 6.61 Å². The maximum Gasteiger partial charge on any atom is 0.338 e. The fourth-order valence-electron chi connectivity index (χ4n) is 1.66. The molecule has 0 atom stereocenters. The number of ether oxygens (including phenoxy) is 1. The predicted molar refractivity (Wildman–Crippen MR) is 76.2 cm³/mol. The van der Waals surface area contributed by atoms with Crippen molar-refractivity contribution in [3.8, 4) is 0 Å². The Morgan fingerprint density at radius 2 is 1.55 bits per heavy atom. The lowest BCUT2D eigenvalue weighted by Gasteiger charge is -2.07. The van der Waals surface area contributed by atoms with Gasteiger partial charge in [0.15, 0.2) is 0 Å². The second-order valence-corrected chi connectivity index (χ2v) is 3.90. The molecule has 0 aliphatic rings. The highest BCUT2D eigenvalue weighted by Gasteiger charge is 2.11. The maximum absolute atomic E-state index is 11.7. The Balaban J connectivity index is 0.00000200. The van der Waals surface area contributed by atoms with E-state index in [1.54, 1.807) is 48.5 Å². The zero-order valence-corrected chi connectivity index (χ0v) is 11.3. The quantitative estimate of drug-likeness (QED) is 0.879. The fraction of sp³-hybridized carbons (Fsp3) is 0.0667. The van der Waals surface area contributed by atoms with Crippen LogP contribution in [-0.2, 0) is 11.3 Å². The summed E-state index contributed by atoms with van der Waals surface area (Å²) in [6.45, 7) is -0.0593. The van der Waals surface area contributed by atoms with Crippen LogP contribution in [0.15, 0.2) is 54.6 Å². The Bertz CT molecular complexity index is 596. The van der Waals surface area contributed by atoms with Crippen LogP contribution in [0.2, 0.25) is 0 Å². The first kappa shape index (κ1) is 15.7. The van der Waals surface area contributed by atoms with Gasteiger partial charge in [-0.1, -0.05) is 36.4 Å². The molecule has 1 N–H and O–H groups in total. The number of carboxylic acid groups (broad SMARTS) is 1. The minimum Gasteiger partial charge on any atom is -0.478 e. The van der Waals surface area contributed by atoms with Crippen molar-refractivity contribution in [3.05, 3.63) is 71.3 Å². The summed E-state index contributed by atoms with van der Waals surface area (Å²) in [5.74, 6) is -1.51. The fourth-order valence-corrected chi connectivity index (χ4v) is 1.66. The average Bonchev–Trinajstić information content (AvgIpc) is 2.46. The van der Waals surface area contributed by atoms with Crippen LogP contribution < -0.4 is 0 Å². The van der Waals surface area contributed by atoms with E-state index < -0.39 is 11.9 Å². The van der Waals surface area contributed by atoms with E-state index in [0.717, 1.165) is 0 Å².